The Morgan fingerprint density at radius 3 is 2.91 bits per heavy atom. The number of anilines is 1. The molecule has 0 radical (unpaired) electrons. The molecule has 1 fully saturated rings. The van der Waals surface area contributed by atoms with Crippen molar-refractivity contribution in [1.82, 2.24) is 39.1 Å². The van der Waals surface area contributed by atoms with Gasteiger partial charge in [0.2, 0.25) is 0 Å². The molecular formula is C22H17ClN10O. The Kier molecular flexibility index (Phi) is 4.74. The highest BCUT2D eigenvalue weighted by Gasteiger charge is 2.34. The van der Waals surface area contributed by atoms with Gasteiger partial charge < -0.3 is 9.88 Å². The minimum absolute atomic E-state index is 0.150. The molecule has 0 bridgehead atoms. The smallest absolute Gasteiger partial charge is 0.279 e. The van der Waals surface area contributed by atoms with Crippen molar-refractivity contribution in [3.05, 3.63) is 75.8 Å². The van der Waals surface area contributed by atoms with Crippen LogP contribution >= 0.6 is 11.6 Å². The fourth-order valence-corrected chi connectivity index (χ4v) is 4.80. The lowest BCUT2D eigenvalue weighted by Gasteiger charge is -2.27. The summed E-state index contributed by atoms with van der Waals surface area (Å²) in [5.74, 6) is 1.68. The molecule has 0 aromatic carbocycles. The van der Waals surface area contributed by atoms with Crippen LogP contribution in [-0.2, 0) is 6.54 Å². The molecular weight excluding hydrogens is 456 g/mol. The molecule has 0 saturated carbocycles. The second-order valence-electron chi connectivity index (χ2n) is 7.96. The van der Waals surface area contributed by atoms with Gasteiger partial charge in [0, 0.05) is 31.3 Å². The van der Waals surface area contributed by atoms with Crippen LogP contribution in [0.25, 0.3) is 16.6 Å². The number of aromatic amines is 1. The number of hydrogen-bond acceptors (Lipinski definition) is 8. The Hall–Kier alpha value is -4.30. The minimum atomic E-state index is -0.272. The monoisotopic (exact) mass is 472 g/mol. The highest BCUT2D eigenvalue weighted by molar-refractivity contribution is 6.33. The Morgan fingerprint density at radius 1 is 1.24 bits per heavy atom. The predicted octanol–water partition coefficient (Wildman–Crippen LogP) is 2.47. The fraction of sp³-hybridized carbons (Fsp3) is 0.227. The van der Waals surface area contributed by atoms with Crippen LogP contribution in [0, 0.1) is 11.3 Å². The van der Waals surface area contributed by atoms with Crippen molar-refractivity contribution >= 4 is 34.0 Å². The average Bonchev–Trinajstić information content (AvgIpc) is 3.59. The summed E-state index contributed by atoms with van der Waals surface area (Å²) in [6, 6.07) is 5.32. The molecule has 168 valence electrons. The van der Waals surface area contributed by atoms with Crippen LogP contribution in [0.5, 0.6) is 0 Å². The maximum atomic E-state index is 13.6. The van der Waals surface area contributed by atoms with Gasteiger partial charge in [0.1, 0.15) is 35.2 Å². The van der Waals surface area contributed by atoms with Crippen LogP contribution in [0.2, 0.25) is 5.02 Å². The van der Waals surface area contributed by atoms with Crippen LogP contribution in [0.1, 0.15) is 36.1 Å². The molecule has 5 aromatic heterocycles. The van der Waals surface area contributed by atoms with Gasteiger partial charge in [-0.2, -0.15) is 10.4 Å². The second-order valence-corrected chi connectivity index (χ2v) is 8.37. The van der Waals surface area contributed by atoms with E-state index in [4.69, 9.17) is 16.7 Å². The van der Waals surface area contributed by atoms with E-state index < -0.39 is 0 Å². The third kappa shape index (κ3) is 3.11. The van der Waals surface area contributed by atoms with Gasteiger partial charge in [0.25, 0.3) is 5.56 Å². The van der Waals surface area contributed by atoms with E-state index in [0.717, 1.165) is 12.8 Å². The summed E-state index contributed by atoms with van der Waals surface area (Å²) >= 11 is 6.31. The van der Waals surface area contributed by atoms with Gasteiger partial charge in [-0.15, -0.1) is 0 Å². The number of rotatable bonds is 4. The molecule has 0 amide bonds. The van der Waals surface area contributed by atoms with E-state index in [-0.39, 0.29) is 18.1 Å². The third-order valence-corrected chi connectivity index (χ3v) is 6.37. The molecule has 34 heavy (non-hydrogen) atoms. The van der Waals surface area contributed by atoms with Crippen LogP contribution in [-0.4, -0.2) is 45.6 Å². The molecule has 1 aliphatic heterocycles. The second kappa shape index (κ2) is 7.93. The van der Waals surface area contributed by atoms with Crippen molar-refractivity contribution in [2.45, 2.75) is 25.4 Å². The number of H-pyrrole nitrogens is 1. The van der Waals surface area contributed by atoms with E-state index in [9.17, 15) is 10.1 Å². The zero-order valence-corrected chi connectivity index (χ0v) is 18.5. The van der Waals surface area contributed by atoms with Gasteiger partial charge in [-0.05, 0) is 25.0 Å². The number of nitrogens with one attached hydrogen (secondary N) is 1. The van der Waals surface area contributed by atoms with Gasteiger partial charge in [0.05, 0.1) is 28.6 Å². The third-order valence-electron chi connectivity index (χ3n) is 6.06. The fourth-order valence-electron chi connectivity index (χ4n) is 4.57. The molecule has 0 spiro atoms. The number of nitriles is 1. The number of halogens is 1. The lowest BCUT2D eigenvalue weighted by Crippen LogP contribution is -2.34. The summed E-state index contributed by atoms with van der Waals surface area (Å²) in [6.45, 7) is 0.839. The van der Waals surface area contributed by atoms with E-state index >= 15 is 0 Å². The molecule has 0 unspecified atom stereocenters. The zero-order chi connectivity index (χ0) is 23.2. The van der Waals surface area contributed by atoms with Crippen molar-refractivity contribution in [3.8, 4) is 6.07 Å². The Morgan fingerprint density at radius 2 is 2.09 bits per heavy atom. The highest BCUT2D eigenvalue weighted by Crippen LogP contribution is 2.38. The van der Waals surface area contributed by atoms with Crippen molar-refractivity contribution in [2.75, 3.05) is 11.4 Å². The molecule has 1 atom stereocenters. The van der Waals surface area contributed by atoms with E-state index in [2.05, 4.69) is 35.9 Å². The summed E-state index contributed by atoms with van der Waals surface area (Å²) in [7, 11) is 0. The summed E-state index contributed by atoms with van der Waals surface area (Å²) in [6.07, 6.45) is 9.66. The van der Waals surface area contributed by atoms with Gasteiger partial charge in [-0.25, -0.2) is 24.5 Å². The van der Waals surface area contributed by atoms with Crippen LogP contribution < -0.4 is 10.5 Å². The Bertz CT molecular complexity index is 1630. The molecule has 12 heteroatoms. The van der Waals surface area contributed by atoms with Gasteiger partial charge >= 0.3 is 0 Å². The number of aromatic nitrogens is 8. The maximum Gasteiger partial charge on any atom is 0.279 e. The molecule has 5 aromatic rings. The van der Waals surface area contributed by atoms with E-state index in [1.807, 2.05) is 0 Å². The normalized spacial score (nSPS) is 15.9. The van der Waals surface area contributed by atoms with Crippen molar-refractivity contribution in [2.24, 2.45) is 0 Å². The van der Waals surface area contributed by atoms with Crippen molar-refractivity contribution in [1.29, 1.82) is 5.26 Å². The molecule has 0 aliphatic carbocycles. The molecule has 1 saturated heterocycles. The van der Waals surface area contributed by atoms with E-state index in [0.29, 0.717) is 51.1 Å². The van der Waals surface area contributed by atoms with Gasteiger partial charge in [-0.1, -0.05) is 11.6 Å². The lowest BCUT2D eigenvalue weighted by atomic mass is 10.1. The molecule has 11 nitrogen and oxygen atoms in total. The maximum absolute atomic E-state index is 13.6. The predicted molar refractivity (Wildman–Crippen MR) is 124 cm³/mol. The molecule has 1 aliphatic rings. The minimum Gasteiger partial charge on any atom is -0.346 e. The average molecular weight is 473 g/mol. The molecule has 6 heterocycles. The zero-order valence-electron chi connectivity index (χ0n) is 17.8. The lowest BCUT2D eigenvalue weighted by molar-refractivity contribution is 0.546. The quantitative estimate of drug-likeness (QED) is 0.421. The topological polar surface area (TPSA) is 134 Å². The van der Waals surface area contributed by atoms with Gasteiger partial charge in [0.15, 0.2) is 5.82 Å². The van der Waals surface area contributed by atoms with Crippen LogP contribution in [0.4, 0.5) is 5.82 Å². The number of fused-ring (bicyclic) bond motifs is 2. The number of nitrogens with zero attached hydrogens (tertiary/aromatic N) is 9. The highest BCUT2D eigenvalue weighted by atomic mass is 35.5. The largest absolute Gasteiger partial charge is 0.346 e. The first-order valence-electron chi connectivity index (χ1n) is 10.7. The summed E-state index contributed by atoms with van der Waals surface area (Å²) in [5.41, 5.74) is 1.08. The van der Waals surface area contributed by atoms with E-state index in [1.165, 1.54) is 10.8 Å². The molecule has 6 rings (SSSR count). The van der Waals surface area contributed by atoms with Crippen molar-refractivity contribution in [3.63, 3.8) is 0 Å². The SMILES string of the molecule is N#Cc1c[nH]c2ncnc(N3CCC[C@H]3c3nn4ccc(Cl)c4c(=O)n3Cc3ncccn3)c12. The first-order chi connectivity index (χ1) is 16.7. The first kappa shape index (κ1) is 20.3. The Labute approximate surface area is 197 Å². The summed E-state index contributed by atoms with van der Waals surface area (Å²) in [5, 5.41) is 15.4. The van der Waals surface area contributed by atoms with Crippen molar-refractivity contribution < 1.29 is 0 Å². The first-order valence-corrected chi connectivity index (χ1v) is 11.1. The summed E-state index contributed by atoms with van der Waals surface area (Å²) in [4.78, 5) is 36.1. The summed E-state index contributed by atoms with van der Waals surface area (Å²) < 4.78 is 3.10. The van der Waals surface area contributed by atoms with Crippen LogP contribution in [0.15, 0.2) is 48.0 Å². The molecule has 1 N–H and O–H groups in total. The van der Waals surface area contributed by atoms with Crippen LogP contribution in [0.3, 0.4) is 0 Å². The Balaban J connectivity index is 1.55. The van der Waals surface area contributed by atoms with Gasteiger partial charge in [-0.3, -0.25) is 9.36 Å². The number of hydrogen-bond donors (Lipinski definition) is 1. The standard InChI is InChI=1S/C22H17ClN10O/c23-14-4-8-33-18(14)22(34)32(11-16-25-5-2-6-26-16)20(30-33)15-3-1-7-31(15)21-17-13(9-24)10-27-19(17)28-12-29-21/h2,4-6,8,10,12,15H,1,3,7,11H2,(H,27,28,29)/t15-/m0/s1. The van der Waals surface area contributed by atoms with E-state index in [1.54, 1.807) is 41.5 Å².